The van der Waals surface area contributed by atoms with Crippen LogP contribution in [0, 0.1) is 5.82 Å². The third-order valence-corrected chi connectivity index (χ3v) is 4.73. The lowest BCUT2D eigenvalue weighted by Gasteiger charge is -2.39. The van der Waals surface area contributed by atoms with Gasteiger partial charge in [-0.25, -0.2) is 9.18 Å². The van der Waals surface area contributed by atoms with E-state index < -0.39 is 5.97 Å². The van der Waals surface area contributed by atoms with Gasteiger partial charge < -0.3 is 14.9 Å². The van der Waals surface area contributed by atoms with Crippen LogP contribution in [-0.2, 0) is 4.79 Å². The first-order valence-corrected chi connectivity index (χ1v) is 8.55. The van der Waals surface area contributed by atoms with Crippen LogP contribution in [0.5, 0.6) is 0 Å². The minimum absolute atomic E-state index is 0.0720. The van der Waals surface area contributed by atoms with Crippen LogP contribution in [0.1, 0.15) is 19.3 Å². The summed E-state index contributed by atoms with van der Waals surface area (Å²) in [5.74, 6) is -1.33. The number of carboxylic acids is 1. The molecule has 1 aromatic rings. The number of hydrogen-bond donors (Lipinski definition) is 1. The molecule has 0 saturated carbocycles. The fourth-order valence-electron chi connectivity index (χ4n) is 3.44. The van der Waals surface area contributed by atoms with Gasteiger partial charge in [0.1, 0.15) is 5.82 Å². The molecule has 1 atom stereocenters. The van der Waals surface area contributed by atoms with E-state index in [1.165, 1.54) is 18.2 Å². The van der Waals surface area contributed by atoms with Gasteiger partial charge in [-0.05, 0) is 49.1 Å². The van der Waals surface area contributed by atoms with Gasteiger partial charge in [0.2, 0.25) is 0 Å². The van der Waals surface area contributed by atoms with Gasteiger partial charge in [-0.15, -0.1) is 0 Å². The summed E-state index contributed by atoms with van der Waals surface area (Å²) in [5.41, 5.74) is 10.4. The Morgan fingerprint density at radius 2 is 2.23 bits per heavy atom. The van der Waals surface area contributed by atoms with Gasteiger partial charge in [-0.2, -0.15) is 0 Å². The molecule has 2 heterocycles. The maximum Gasteiger partial charge on any atom is 0.335 e. The molecule has 2 aliphatic heterocycles. The van der Waals surface area contributed by atoms with Crippen molar-refractivity contribution in [2.75, 3.05) is 29.4 Å². The van der Waals surface area contributed by atoms with E-state index in [9.17, 15) is 9.18 Å². The molecular weight excluding hydrogens is 337 g/mol. The van der Waals surface area contributed by atoms with Gasteiger partial charge in [0, 0.05) is 36.8 Å². The van der Waals surface area contributed by atoms with Gasteiger partial charge >= 0.3 is 5.97 Å². The standard InChI is InChI=1S/C18H20FN5O2/c19-14-4-5-16(24-8-2-1-3-15(24)12-21-22-20)17(11-14)23-9-6-13(7-10-23)18(25)26/h4-7,9,11,15H,1-3,8,10,12H2,(H,25,26). The molecule has 7 nitrogen and oxygen atoms in total. The van der Waals surface area contributed by atoms with E-state index in [2.05, 4.69) is 14.9 Å². The number of hydrogen-bond acceptors (Lipinski definition) is 4. The molecule has 0 bridgehead atoms. The lowest BCUT2D eigenvalue weighted by atomic mass is 10.0. The molecule has 1 unspecified atom stereocenters. The van der Waals surface area contributed by atoms with Crippen molar-refractivity contribution in [3.63, 3.8) is 0 Å². The molecule has 1 fully saturated rings. The SMILES string of the molecule is [N-]=[N+]=NCC1CCCCN1c1ccc(F)cc1N1C=CC(C(=O)O)=CC1. The second-order valence-corrected chi connectivity index (χ2v) is 6.32. The van der Waals surface area contributed by atoms with Crippen molar-refractivity contribution < 1.29 is 14.3 Å². The van der Waals surface area contributed by atoms with Crippen molar-refractivity contribution in [2.45, 2.75) is 25.3 Å². The summed E-state index contributed by atoms with van der Waals surface area (Å²) in [6.07, 6.45) is 7.76. The molecule has 2 aliphatic rings. The molecule has 3 rings (SSSR count). The fourth-order valence-corrected chi connectivity index (χ4v) is 3.44. The summed E-state index contributed by atoms with van der Waals surface area (Å²) in [6, 6.07) is 4.69. The van der Waals surface area contributed by atoms with Crippen molar-refractivity contribution in [3.8, 4) is 0 Å². The summed E-state index contributed by atoms with van der Waals surface area (Å²) in [6.45, 7) is 1.52. The highest BCUT2D eigenvalue weighted by molar-refractivity contribution is 5.90. The van der Waals surface area contributed by atoms with Gasteiger partial charge in [-0.3, -0.25) is 0 Å². The molecule has 8 heteroatoms. The van der Waals surface area contributed by atoms with Crippen molar-refractivity contribution in [1.82, 2.24) is 0 Å². The Bertz CT molecular complexity index is 801. The third-order valence-electron chi connectivity index (χ3n) is 4.73. The highest BCUT2D eigenvalue weighted by Gasteiger charge is 2.26. The second-order valence-electron chi connectivity index (χ2n) is 6.32. The molecule has 1 aromatic carbocycles. The number of aliphatic carboxylic acids is 1. The van der Waals surface area contributed by atoms with E-state index >= 15 is 0 Å². The fraction of sp³-hybridized carbons (Fsp3) is 0.389. The Morgan fingerprint density at radius 3 is 2.92 bits per heavy atom. The summed E-state index contributed by atoms with van der Waals surface area (Å²) < 4.78 is 13.9. The zero-order valence-corrected chi connectivity index (χ0v) is 14.3. The van der Waals surface area contributed by atoms with Crippen LogP contribution < -0.4 is 9.80 Å². The average Bonchev–Trinajstić information content (AvgIpc) is 2.67. The van der Waals surface area contributed by atoms with Crippen LogP contribution in [0.2, 0.25) is 0 Å². The summed E-state index contributed by atoms with van der Waals surface area (Å²) >= 11 is 0. The predicted octanol–water partition coefficient (Wildman–Crippen LogP) is 3.84. The number of halogens is 1. The third kappa shape index (κ3) is 3.81. The Morgan fingerprint density at radius 1 is 1.38 bits per heavy atom. The average molecular weight is 357 g/mol. The first-order chi connectivity index (χ1) is 12.6. The Labute approximate surface area is 150 Å². The molecule has 26 heavy (non-hydrogen) atoms. The summed E-state index contributed by atoms with van der Waals surface area (Å²) in [7, 11) is 0. The van der Waals surface area contributed by atoms with E-state index in [0.717, 1.165) is 31.5 Å². The highest BCUT2D eigenvalue weighted by Crippen LogP contribution is 2.35. The lowest BCUT2D eigenvalue weighted by molar-refractivity contribution is -0.132. The van der Waals surface area contributed by atoms with Crippen molar-refractivity contribution in [1.29, 1.82) is 0 Å². The van der Waals surface area contributed by atoms with E-state index in [0.29, 0.717) is 18.8 Å². The molecule has 1 saturated heterocycles. The largest absolute Gasteiger partial charge is 0.478 e. The second kappa shape index (κ2) is 7.93. The lowest BCUT2D eigenvalue weighted by Crippen LogP contribution is -2.42. The van der Waals surface area contributed by atoms with E-state index in [-0.39, 0.29) is 17.4 Å². The van der Waals surface area contributed by atoms with Crippen molar-refractivity contribution in [2.24, 2.45) is 5.11 Å². The van der Waals surface area contributed by atoms with Crippen LogP contribution >= 0.6 is 0 Å². The number of benzene rings is 1. The number of nitrogens with zero attached hydrogens (tertiary/aromatic N) is 5. The molecule has 0 aliphatic carbocycles. The smallest absolute Gasteiger partial charge is 0.335 e. The number of carboxylic acid groups (broad SMARTS) is 1. The Hall–Kier alpha value is -2.99. The maximum absolute atomic E-state index is 13.9. The van der Waals surface area contributed by atoms with Gasteiger partial charge in [0.05, 0.1) is 16.9 Å². The topological polar surface area (TPSA) is 92.5 Å². The van der Waals surface area contributed by atoms with Gasteiger partial charge in [0.25, 0.3) is 0 Å². The minimum atomic E-state index is -0.981. The van der Waals surface area contributed by atoms with E-state index in [1.54, 1.807) is 18.3 Å². The number of rotatable bonds is 5. The first-order valence-electron chi connectivity index (χ1n) is 8.55. The van der Waals surface area contributed by atoms with E-state index in [4.69, 9.17) is 10.6 Å². The monoisotopic (exact) mass is 357 g/mol. The molecule has 0 amide bonds. The Balaban J connectivity index is 1.92. The van der Waals surface area contributed by atoms with E-state index in [1.807, 2.05) is 4.90 Å². The van der Waals surface area contributed by atoms with Crippen LogP contribution in [0.25, 0.3) is 10.4 Å². The molecule has 1 N–H and O–H groups in total. The number of azide groups is 1. The van der Waals surface area contributed by atoms with Crippen molar-refractivity contribution in [3.05, 3.63) is 58.4 Å². The number of piperidine rings is 1. The molecule has 0 aromatic heterocycles. The summed E-state index contributed by atoms with van der Waals surface area (Å²) in [4.78, 5) is 17.9. The minimum Gasteiger partial charge on any atom is -0.478 e. The zero-order valence-electron chi connectivity index (χ0n) is 14.3. The van der Waals surface area contributed by atoms with Crippen LogP contribution in [-0.4, -0.2) is 36.8 Å². The zero-order chi connectivity index (χ0) is 18.5. The van der Waals surface area contributed by atoms with Gasteiger partial charge in [-0.1, -0.05) is 11.2 Å². The number of anilines is 2. The maximum atomic E-state index is 13.9. The molecule has 0 radical (unpaired) electrons. The van der Waals surface area contributed by atoms with Crippen LogP contribution in [0.4, 0.5) is 15.8 Å². The quantitative estimate of drug-likeness (QED) is 0.492. The molecule has 136 valence electrons. The Kier molecular flexibility index (Phi) is 5.43. The number of carbonyl (C=O) groups is 1. The summed E-state index contributed by atoms with van der Waals surface area (Å²) in [5, 5.41) is 12.8. The normalized spacial score (nSPS) is 19.7. The highest BCUT2D eigenvalue weighted by atomic mass is 19.1. The van der Waals surface area contributed by atoms with Gasteiger partial charge in [0.15, 0.2) is 0 Å². The molecular formula is C18H20FN5O2. The predicted molar refractivity (Wildman–Crippen MR) is 97.6 cm³/mol. The molecule has 0 spiro atoms. The van der Waals surface area contributed by atoms with Crippen molar-refractivity contribution >= 4 is 17.3 Å². The van der Waals surface area contributed by atoms with Crippen LogP contribution in [0.3, 0.4) is 0 Å². The first kappa shape index (κ1) is 17.8. The van der Waals surface area contributed by atoms with Crippen LogP contribution in [0.15, 0.2) is 47.2 Å².